The molecule has 1 heterocycles. The first-order valence-corrected chi connectivity index (χ1v) is 10.6. The first-order valence-electron chi connectivity index (χ1n) is 10.6. The number of esters is 1. The van der Waals surface area contributed by atoms with Crippen LogP contribution in [0.4, 0.5) is 0 Å². The summed E-state index contributed by atoms with van der Waals surface area (Å²) in [4.78, 5) is 14.0. The molecular formula is C23H35NO4. The minimum Gasteiger partial charge on any atom is -0.493 e. The second kappa shape index (κ2) is 13.2. The van der Waals surface area contributed by atoms with Crippen LogP contribution < -0.4 is 9.47 Å². The van der Waals surface area contributed by atoms with E-state index in [0.29, 0.717) is 19.0 Å². The quantitative estimate of drug-likeness (QED) is 0.295. The predicted octanol–water partition coefficient (Wildman–Crippen LogP) is 4.70. The first kappa shape index (κ1) is 22.3. The number of benzene rings is 1. The number of piperidine rings is 1. The van der Waals surface area contributed by atoms with Crippen LogP contribution >= 0.6 is 0 Å². The fourth-order valence-electron chi connectivity index (χ4n) is 3.42. The zero-order valence-corrected chi connectivity index (χ0v) is 17.5. The normalized spacial score (nSPS) is 14.9. The lowest BCUT2D eigenvalue weighted by molar-refractivity contribution is -0.137. The fourth-order valence-corrected chi connectivity index (χ4v) is 3.42. The van der Waals surface area contributed by atoms with E-state index >= 15 is 0 Å². The van der Waals surface area contributed by atoms with Crippen LogP contribution in [-0.4, -0.2) is 50.8 Å². The van der Waals surface area contributed by atoms with Crippen LogP contribution in [0.3, 0.4) is 0 Å². The molecule has 1 aliphatic rings. The van der Waals surface area contributed by atoms with Crippen LogP contribution in [0.5, 0.6) is 11.5 Å². The zero-order valence-electron chi connectivity index (χ0n) is 17.5. The van der Waals surface area contributed by atoms with Crippen LogP contribution in [-0.2, 0) is 9.53 Å². The Kier molecular flexibility index (Phi) is 10.5. The number of methoxy groups -OCH3 is 1. The zero-order chi connectivity index (χ0) is 20.0. The lowest BCUT2D eigenvalue weighted by Gasteiger charge is -2.26. The van der Waals surface area contributed by atoms with E-state index in [1.165, 1.54) is 64.2 Å². The number of hydrogen-bond acceptors (Lipinski definition) is 5. The highest BCUT2D eigenvalue weighted by Crippen LogP contribution is 2.28. The van der Waals surface area contributed by atoms with Crippen molar-refractivity contribution >= 4 is 12.0 Å². The van der Waals surface area contributed by atoms with Gasteiger partial charge >= 0.3 is 5.97 Å². The second-order valence-corrected chi connectivity index (χ2v) is 7.16. The molecule has 0 aromatic heterocycles. The molecule has 0 spiro atoms. The summed E-state index contributed by atoms with van der Waals surface area (Å²) in [5, 5.41) is 0. The van der Waals surface area contributed by atoms with E-state index < -0.39 is 0 Å². The highest BCUT2D eigenvalue weighted by atomic mass is 16.5. The molecule has 0 N–H and O–H groups in total. The van der Waals surface area contributed by atoms with E-state index in [9.17, 15) is 4.79 Å². The van der Waals surface area contributed by atoms with Crippen LogP contribution in [0, 0.1) is 0 Å². The van der Waals surface area contributed by atoms with Gasteiger partial charge in [0.2, 0.25) is 0 Å². The van der Waals surface area contributed by atoms with Gasteiger partial charge in [-0.1, -0.05) is 25.3 Å². The van der Waals surface area contributed by atoms with E-state index in [1.54, 1.807) is 20.1 Å². The lowest BCUT2D eigenvalue weighted by atomic mass is 10.1. The maximum absolute atomic E-state index is 11.4. The summed E-state index contributed by atoms with van der Waals surface area (Å²) >= 11 is 0. The lowest BCUT2D eigenvalue weighted by Crippen LogP contribution is -2.30. The SMILES string of the molecule is CCOC(=O)/C=C/c1ccc(OCCCCCCN2CCCCC2)c(OC)c1. The number of likely N-dealkylation sites (tertiary alicyclic amines) is 1. The molecule has 1 aromatic rings. The number of hydrogen-bond donors (Lipinski definition) is 0. The molecule has 0 bridgehead atoms. The Bertz CT molecular complexity index is 609. The second-order valence-electron chi connectivity index (χ2n) is 7.16. The van der Waals surface area contributed by atoms with Crippen LogP contribution in [0.25, 0.3) is 6.08 Å². The summed E-state index contributed by atoms with van der Waals surface area (Å²) in [5.41, 5.74) is 0.870. The third-order valence-corrected chi connectivity index (χ3v) is 4.96. The first-order chi connectivity index (χ1) is 13.7. The Morgan fingerprint density at radius 2 is 1.86 bits per heavy atom. The molecule has 1 aliphatic heterocycles. The van der Waals surface area contributed by atoms with Gasteiger partial charge in [-0.2, -0.15) is 0 Å². The number of nitrogens with zero attached hydrogens (tertiary/aromatic N) is 1. The molecule has 0 amide bonds. The van der Waals surface area contributed by atoms with Gasteiger partial charge in [0, 0.05) is 6.08 Å². The van der Waals surface area contributed by atoms with Crippen molar-refractivity contribution < 1.29 is 19.0 Å². The molecule has 0 radical (unpaired) electrons. The van der Waals surface area contributed by atoms with E-state index in [0.717, 1.165) is 17.7 Å². The summed E-state index contributed by atoms with van der Waals surface area (Å²) < 4.78 is 16.2. The van der Waals surface area contributed by atoms with Crippen molar-refractivity contribution in [1.29, 1.82) is 0 Å². The maximum atomic E-state index is 11.4. The smallest absolute Gasteiger partial charge is 0.330 e. The molecule has 156 valence electrons. The number of carbonyl (C=O) groups is 1. The van der Waals surface area contributed by atoms with Crippen molar-refractivity contribution in [1.82, 2.24) is 4.90 Å². The molecule has 28 heavy (non-hydrogen) atoms. The van der Waals surface area contributed by atoms with Crippen molar-refractivity contribution in [3.8, 4) is 11.5 Å². The molecule has 5 heteroatoms. The number of unbranched alkanes of at least 4 members (excludes halogenated alkanes) is 3. The number of rotatable bonds is 12. The Labute approximate surface area is 169 Å². The third-order valence-electron chi connectivity index (χ3n) is 4.96. The molecular weight excluding hydrogens is 354 g/mol. The molecule has 1 fully saturated rings. The van der Waals surface area contributed by atoms with Crippen molar-refractivity contribution in [2.75, 3.05) is 40.0 Å². The van der Waals surface area contributed by atoms with Crippen molar-refractivity contribution in [3.63, 3.8) is 0 Å². The summed E-state index contributed by atoms with van der Waals surface area (Å²) in [6.45, 7) is 6.67. The molecule has 1 saturated heterocycles. The largest absolute Gasteiger partial charge is 0.493 e. The van der Waals surface area contributed by atoms with E-state index in [-0.39, 0.29) is 5.97 Å². The van der Waals surface area contributed by atoms with Gasteiger partial charge in [-0.15, -0.1) is 0 Å². The fraction of sp³-hybridized carbons (Fsp3) is 0.609. The summed E-state index contributed by atoms with van der Waals surface area (Å²) in [7, 11) is 1.63. The Morgan fingerprint density at radius 3 is 2.61 bits per heavy atom. The van der Waals surface area contributed by atoms with Crippen molar-refractivity contribution in [2.45, 2.75) is 51.9 Å². The van der Waals surface area contributed by atoms with Crippen LogP contribution in [0.15, 0.2) is 24.3 Å². The molecule has 2 rings (SSSR count). The molecule has 1 aromatic carbocycles. The van der Waals surface area contributed by atoms with Crippen molar-refractivity contribution in [2.24, 2.45) is 0 Å². The van der Waals surface area contributed by atoms with Gasteiger partial charge in [-0.3, -0.25) is 0 Å². The topological polar surface area (TPSA) is 48.0 Å². The number of carbonyl (C=O) groups excluding carboxylic acids is 1. The Hall–Kier alpha value is -2.01. The summed E-state index contributed by atoms with van der Waals surface area (Å²) in [5.74, 6) is 1.07. The summed E-state index contributed by atoms with van der Waals surface area (Å²) in [6.07, 6.45) is 12.1. The third kappa shape index (κ3) is 8.34. The van der Waals surface area contributed by atoms with Gasteiger partial charge < -0.3 is 19.1 Å². The highest BCUT2D eigenvalue weighted by molar-refractivity contribution is 5.87. The molecule has 0 unspecified atom stereocenters. The van der Waals surface area contributed by atoms with Crippen LogP contribution in [0.2, 0.25) is 0 Å². The molecule has 5 nitrogen and oxygen atoms in total. The van der Waals surface area contributed by atoms with E-state index in [2.05, 4.69) is 4.90 Å². The Balaban J connectivity index is 1.66. The minimum atomic E-state index is -0.345. The maximum Gasteiger partial charge on any atom is 0.330 e. The molecule has 0 atom stereocenters. The highest BCUT2D eigenvalue weighted by Gasteiger charge is 2.09. The minimum absolute atomic E-state index is 0.345. The van der Waals surface area contributed by atoms with Crippen LogP contribution in [0.1, 0.15) is 57.4 Å². The average Bonchev–Trinajstić information content (AvgIpc) is 2.73. The van der Waals surface area contributed by atoms with Gasteiger partial charge in [0.1, 0.15) is 0 Å². The average molecular weight is 390 g/mol. The van der Waals surface area contributed by atoms with E-state index in [4.69, 9.17) is 14.2 Å². The molecule has 0 aliphatic carbocycles. The standard InChI is InChI=1S/C23H35NO4/c1-3-27-23(25)14-12-20-11-13-21(22(19-20)26-2)28-18-10-5-4-7-15-24-16-8-6-9-17-24/h11-14,19H,3-10,15-18H2,1-2H3/b14-12+. The van der Waals surface area contributed by atoms with Gasteiger partial charge in [0.15, 0.2) is 11.5 Å². The van der Waals surface area contributed by atoms with E-state index in [1.807, 2.05) is 18.2 Å². The number of ether oxygens (including phenoxy) is 3. The Morgan fingerprint density at radius 1 is 1.07 bits per heavy atom. The van der Waals surface area contributed by atoms with Crippen molar-refractivity contribution in [3.05, 3.63) is 29.8 Å². The summed E-state index contributed by atoms with van der Waals surface area (Å²) in [6, 6.07) is 5.66. The monoisotopic (exact) mass is 389 g/mol. The van der Waals surface area contributed by atoms with Gasteiger partial charge in [0.05, 0.1) is 20.3 Å². The predicted molar refractivity (Wildman–Crippen MR) is 113 cm³/mol. The van der Waals surface area contributed by atoms with Gasteiger partial charge in [0.25, 0.3) is 0 Å². The molecule has 0 saturated carbocycles. The van der Waals surface area contributed by atoms with Gasteiger partial charge in [-0.05, 0) is 76.0 Å². The van der Waals surface area contributed by atoms with Gasteiger partial charge in [-0.25, -0.2) is 4.79 Å².